The third-order valence-corrected chi connectivity index (χ3v) is 6.53. The van der Waals surface area contributed by atoms with Gasteiger partial charge in [0.15, 0.2) is 11.5 Å². The van der Waals surface area contributed by atoms with Crippen LogP contribution in [0.25, 0.3) is 10.9 Å². The fourth-order valence-corrected chi connectivity index (χ4v) is 4.58. The summed E-state index contributed by atoms with van der Waals surface area (Å²) >= 11 is 0. The van der Waals surface area contributed by atoms with Crippen molar-refractivity contribution < 1.29 is 14.3 Å². The van der Waals surface area contributed by atoms with E-state index in [1.165, 1.54) is 10.9 Å². The lowest BCUT2D eigenvalue weighted by Crippen LogP contribution is -2.49. The predicted molar refractivity (Wildman–Crippen MR) is 132 cm³/mol. The molecule has 0 radical (unpaired) electrons. The number of rotatable bonds is 10. The van der Waals surface area contributed by atoms with Gasteiger partial charge in [-0.2, -0.15) is 0 Å². The molecule has 0 bridgehead atoms. The highest BCUT2D eigenvalue weighted by atomic mass is 16.5. The van der Waals surface area contributed by atoms with Gasteiger partial charge in [-0.05, 0) is 55.2 Å². The second-order valence-electron chi connectivity index (χ2n) is 8.75. The molecule has 0 spiro atoms. The number of nitrogens with one attached hydrogen (secondary N) is 1. The second-order valence-corrected chi connectivity index (χ2v) is 8.75. The lowest BCUT2D eigenvalue weighted by Gasteiger charge is -2.39. The van der Waals surface area contributed by atoms with Gasteiger partial charge in [0, 0.05) is 36.7 Å². The van der Waals surface area contributed by atoms with Gasteiger partial charge in [-0.3, -0.25) is 0 Å². The minimum atomic E-state index is -0.0496. The van der Waals surface area contributed by atoms with Crippen LogP contribution < -0.4 is 9.47 Å². The summed E-state index contributed by atoms with van der Waals surface area (Å²) in [6.07, 6.45) is 6.26. The Bertz CT molecular complexity index is 1080. The molecule has 0 aliphatic carbocycles. The maximum Gasteiger partial charge on any atom is 0.320 e. The largest absolute Gasteiger partial charge is 0.493 e. The van der Waals surface area contributed by atoms with Gasteiger partial charge in [0.25, 0.3) is 0 Å². The van der Waals surface area contributed by atoms with E-state index in [1.54, 1.807) is 7.11 Å². The van der Waals surface area contributed by atoms with Crippen molar-refractivity contribution in [2.75, 3.05) is 26.8 Å². The number of amides is 2. The van der Waals surface area contributed by atoms with E-state index >= 15 is 0 Å². The normalized spacial score (nSPS) is 15.2. The number of fused-ring (bicyclic) bond motifs is 1. The van der Waals surface area contributed by atoms with Crippen LogP contribution in [0.1, 0.15) is 56.7 Å². The van der Waals surface area contributed by atoms with Gasteiger partial charge in [0.05, 0.1) is 19.8 Å². The van der Waals surface area contributed by atoms with Gasteiger partial charge in [-0.15, -0.1) is 0 Å². The van der Waals surface area contributed by atoms with E-state index in [9.17, 15) is 4.79 Å². The summed E-state index contributed by atoms with van der Waals surface area (Å²) in [6.45, 7) is 7.10. The van der Waals surface area contributed by atoms with E-state index in [0.29, 0.717) is 13.2 Å². The van der Waals surface area contributed by atoms with E-state index in [2.05, 4.69) is 43.1 Å². The van der Waals surface area contributed by atoms with Crippen LogP contribution >= 0.6 is 0 Å². The third-order valence-electron chi connectivity index (χ3n) is 6.53. The number of methoxy groups -OCH3 is 1. The summed E-state index contributed by atoms with van der Waals surface area (Å²) in [7, 11) is 1.66. The number of aromatic nitrogens is 1. The maximum absolute atomic E-state index is 13.4. The molecule has 0 saturated carbocycles. The van der Waals surface area contributed by atoms with Crippen molar-refractivity contribution in [1.29, 1.82) is 0 Å². The fourth-order valence-electron chi connectivity index (χ4n) is 4.58. The van der Waals surface area contributed by atoms with E-state index in [-0.39, 0.29) is 12.1 Å². The van der Waals surface area contributed by atoms with Gasteiger partial charge in [0.1, 0.15) is 0 Å². The average molecular weight is 450 g/mol. The summed E-state index contributed by atoms with van der Waals surface area (Å²) in [5.41, 5.74) is 3.32. The zero-order valence-corrected chi connectivity index (χ0v) is 20.0. The Morgan fingerprint density at radius 2 is 1.97 bits per heavy atom. The molecule has 176 valence electrons. The first kappa shape index (κ1) is 23.0. The van der Waals surface area contributed by atoms with E-state index < -0.39 is 0 Å². The number of carbonyl (C=O) groups excluding carboxylic acids is 1. The van der Waals surface area contributed by atoms with Crippen LogP contribution in [-0.2, 0) is 6.54 Å². The van der Waals surface area contributed by atoms with Crippen molar-refractivity contribution in [3.05, 3.63) is 59.8 Å². The molecule has 1 aromatic heterocycles. The van der Waals surface area contributed by atoms with Gasteiger partial charge in [0.2, 0.25) is 0 Å². The second kappa shape index (κ2) is 10.6. The number of H-pyrrole nitrogens is 1. The number of ether oxygens (including phenoxy) is 2. The van der Waals surface area contributed by atoms with Gasteiger partial charge >= 0.3 is 6.03 Å². The zero-order valence-electron chi connectivity index (χ0n) is 20.0. The number of aromatic amines is 1. The summed E-state index contributed by atoms with van der Waals surface area (Å²) in [5.74, 6) is 1.48. The summed E-state index contributed by atoms with van der Waals surface area (Å²) in [6, 6.07) is 14.4. The minimum absolute atomic E-state index is 0.0496. The smallest absolute Gasteiger partial charge is 0.320 e. The van der Waals surface area contributed by atoms with Gasteiger partial charge in [-0.1, -0.05) is 38.0 Å². The molecule has 33 heavy (non-hydrogen) atoms. The Morgan fingerprint density at radius 1 is 1.09 bits per heavy atom. The zero-order chi connectivity index (χ0) is 23.2. The quantitative estimate of drug-likeness (QED) is 0.379. The average Bonchev–Trinajstić information content (AvgIpc) is 3.33. The molecule has 1 atom stereocenters. The van der Waals surface area contributed by atoms with Crippen LogP contribution in [0.5, 0.6) is 11.5 Å². The Labute approximate surface area is 196 Å². The lowest BCUT2D eigenvalue weighted by atomic mass is 10.0. The molecule has 4 rings (SSSR count). The van der Waals surface area contributed by atoms with Crippen molar-refractivity contribution in [2.45, 2.75) is 52.1 Å². The molecular weight excluding hydrogens is 414 g/mol. The third kappa shape index (κ3) is 5.10. The standard InChI is InChI=1S/C27H35N3O3/c1-4-5-6-17-33-25-12-11-21(18-26(25)32-3)20(2)30-16-8-15-29(27(30)31)19-22-9-7-10-24-23(22)13-14-28-24/h7,9-14,18,20,28H,4-6,8,15-17,19H2,1-3H3. The first-order chi connectivity index (χ1) is 16.1. The molecule has 1 aliphatic heterocycles. The van der Waals surface area contributed by atoms with Crippen molar-refractivity contribution >= 4 is 16.9 Å². The number of urea groups is 1. The molecule has 2 aromatic carbocycles. The highest BCUT2D eigenvalue weighted by Crippen LogP contribution is 2.33. The molecule has 6 nitrogen and oxygen atoms in total. The molecule has 6 heteroatoms. The highest BCUT2D eigenvalue weighted by molar-refractivity contribution is 5.83. The summed E-state index contributed by atoms with van der Waals surface area (Å²) < 4.78 is 11.5. The molecule has 1 saturated heterocycles. The van der Waals surface area contributed by atoms with Crippen LogP contribution in [0, 0.1) is 0 Å². The molecule has 2 heterocycles. The number of unbranched alkanes of at least 4 members (excludes halogenated alkanes) is 2. The van der Waals surface area contributed by atoms with Crippen LogP contribution in [0.3, 0.4) is 0 Å². The van der Waals surface area contributed by atoms with E-state index in [1.807, 2.05) is 34.2 Å². The Morgan fingerprint density at radius 3 is 2.79 bits per heavy atom. The topological polar surface area (TPSA) is 57.8 Å². The van der Waals surface area contributed by atoms with Crippen LogP contribution in [0.15, 0.2) is 48.7 Å². The predicted octanol–water partition coefficient (Wildman–Crippen LogP) is 6.13. The monoisotopic (exact) mass is 449 g/mol. The Balaban J connectivity index is 1.46. The molecule has 3 aromatic rings. The first-order valence-electron chi connectivity index (χ1n) is 12.0. The summed E-state index contributed by atoms with van der Waals surface area (Å²) in [5, 5.41) is 1.18. The minimum Gasteiger partial charge on any atom is -0.493 e. The molecule has 1 aliphatic rings. The summed E-state index contributed by atoms with van der Waals surface area (Å²) in [4.78, 5) is 20.6. The highest BCUT2D eigenvalue weighted by Gasteiger charge is 2.30. The van der Waals surface area contributed by atoms with Gasteiger partial charge < -0.3 is 24.3 Å². The van der Waals surface area contributed by atoms with Crippen LogP contribution in [-0.4, -0.2) is 47.6 Å². The molecule has 1 N–H and O–H groups in total. The Hall–Kier alpha value is -3.15. The van der Waals surface area contributed by atoms with Crippen LogP contribution in [0.2, 0.25) is 0 Å². The molecule has 1 unspecified atom stereocenters. The maximum atomic E-state index is 13.4. The first-order valence-corrected chi connectivity index (χ1v) is 12.0. The Kier molecular flexibility index (Phi) is 7.43. The van der Waals surface area contributed by atoms with Crippen molar-refractivity contribution in [1.82, 2.24) is 14.8 Å². The van der Waals surface area contributed by atoms with Gasteiger partial charge in [-0.25, -0.2) is 4.79 Å². The molecule has 2 amide bonds. The molecular formula is C27H35N3O3. The van der Waals surface area contributed by atoms with Crippen LogP contribution in [0.4, 0.5) is 4.79 Å². The van der Waals surface area contributed by atoms with E-state index in [0.717, 1.165) is 61.4 Å². The van der Waals surface area contributed by atoms with E-state index in [4.69, 9.17) is 9.47 Å². The number of benzene rings is 2. The van der Waals surface area contributed by atoms with Crippen molar-refractivity contribution in [3.8, 4) is 11.5 Å². The van der Waals surface area contributed by atoms with Crippen molar-refractivity contribution in [2.24, 2.45) is 0 Å². The number of hydrogen-bond acceptors (Lipinski definition) is 3. The van der Waals surface area contributed by atoms with Crippen molar-refractivity contribution in [3.63, 3.8) is 0 Å². The molecule has 1 fully saturated rings. The fraction of sp³-hybridized carbons (Fsp3) is 0.444. The number of nitrogens with zero attached hydrogens (tertiary/aromatic N) is 2. The number of hydrogen-bond donors (Lipinski definition) is 1. The lowest BCUT2D eigenvalue weighted by molar-refractivity contribution is 0.109. The SMILES string of the molecule is CCCCCOc1ccc(C(C)N2CCCN(Cc3cccc4[nH]ccc34)C2=O)cc1OC. The number of carbonyl (C=O) groups is 1.